The fourth-order valence-electron chi connectivity index (χ4n) is 6.33. The number of aryl methyl sites for hydroxylation is 1. The van der Waals surface area contributed by atoms with Crippen LogP contribution in [0.25, 0.3) is 27.1 Å². The maximum absolute atomic E-state index is 11.4. The van der Waals surface area contributed by atoms with Crippen molar-refractivity contribution in [1.29, 1.82) is 0 Å². The maximum atomic E-state index is 11.4. The molecule has 1 aliphatic carbocycles. The Bertz CT molecular complexity index is 1350. The third kappa shape index (κ3) is 3.38. The van der Waals surface area contributed by atoms with E-state index in [1.807, 2.05) is 15.9 Å². The molecule has 0 aromatic carbocycles. The van der Waals surface area contributed by atoms with Crippen LogP contribution in [0.15, 0.2) is 24.7 Å². The number of rotatable bonds is 5. The number of hydrogen-bond donors (Lipinski definition) is 2. The SMILES string of the molecule is Cc1cc(-c2[nH]c3cc(C4C5CCC4CN(CC(N)=O)C5)sc3c2C(C)C)cn2ncnc12. The Morgan fingerprint density at radius 3 is 2.73 bits per heavy atom. The van der Waals surface area contributed by atoms with Crippen molar-refractivity contribution in [2.45, 2.75) is 45.4 Å². The zero-order valence-corrected chi connectivity index (χ0v) is 20.2. The largest absolute Gasteiger partial charge is 0.369 e. The highest BCUT2D eigenvalue weighted by Gasteiger charge is 2.43. The van der Waals surface area contributed by atoms with Crippen molar-refractivity contribution in [3.05, 3.63) is 40.7 Å². The summed E-state index contributed by atoms with van der Waals surface area (Å²) in [5.74, 6) is 2.01. The van der Waals surface area contributed by atoms with E-state index in [1.165, 1.54) is 39.2 Å². The van der Waals surface area contributed by atoms with Gasteiger partial charge < -0.3 is 10.7 Å². The molecule has 4 aromatic rings. The molecule has 3 N–H and O–H groups in total. The molecule has 2 aliphatic rings. The van der Waals surface area contributed by atoms with Crippen LogP contribution < -0.4 is 5.73 Å². The predicted octanol–water partition coefficient (Wildman–Crippen LogP) is 4.28. The number of hydrogen-bond acceptors (Lipinski definition) is 5. The Hall–Kier alpha value is -2.71. The van der Waals surface area contributed by atoms with Gasteiger partial charge in [-0.25, -0.2) is 9.50 Å². The van der Waals surface area contributed by atoms with E-state index in [1.54, 1.807) is 6.33 Å². The summed E-state index contributed by atoms with van der Waals surface area (Å²) in [6.07, 6.45) is 6.18. The number of piperidine rings is 1. The zero-order chi connectivity index (χ0) is 22.9. The molecule has 2 unspecified atom stereocenters. The zero-order valence-electron chi connectivity index (χ0n) is 19.3. The molecular formula is C25H30N6OS. The molecular weight excluding hydrogens is 432 g/mol. The minimum Gasteiger partial charge on any atom is -0.369 e. The van der Waals surface area contributed by atoms with Crippen molar-refractivity contribution >= 4 is 33.1 Å². The second kappa shape index (κ2) is 7.67. The Labute approximate surface area is 197 Å². The lowest BCUT2D eigenvalue weighted by Gasteiger charge is -2.37. The van der Waals surface area contributed by atoms with Gasteiger partial charge in [-0.2, -0.15) is 5.10 Å². The van der Waals surface area contributed by atoms with Crippen LogP contribution in [-0.4, -0.2) is 50.0 Å². The van der Waals surface area contributed by atoms with Gasteiger partial charge in [-0.1, -0.05) is 13.8 Å². The molecule has 8 heteroatoms. The van der Waals surface area contributed by atoms with Crippen molar-refractivity contribution in [3.8, 4) is 11.3 Å². The number of nitrogens with two attached hydrogens (primary N) is 1. The number of aromatic nitrogens is 4. The maximum Gasteiger partial charge on any atom is 0.231 e. The van der Waals surface area contributed by atoms with E-state index in [0.717, 1.165) is 29.9 Å². The summed E-state index contributed by atoms with van der Waals surface area (Å²) in [4.78, 5) is 23.3. The molecule has 1 aliphatic heterocycles. The van der Waals surface area contributed by atoms with Gasteiger partial charge in [0.05, 0.1) is 22.5 Å². The van der Waals surface area contributed by atoms with Gasteiger partial charge in [0.1, 0.15) is 6.33 Å². The van der Waals surface area contributed by atoms with Crippen LogP contribution in [0.1, 0.15) is 54.5 Å². The highest BCUT2D eigenvalue weighted by molar-refractivity contribution is 7.19. The molecule has 4 aromatic heterocycles. The van der Waals surface area contributed by atoms with E-state index in [9.17, 15) is 4.79 Å². The van der Waals surface area contributed by atoms with E-state index in [0.29, 0.717) is 30.2 Å². The third-order valence-corrected chi connectivity index (χ3v) is 8.84. The molecule has 1 saturated heterocycles. The summed E-state index contributed by atoms with van der Waals surface area (Å²) >= 11 is 1.97. The van der Waals surface area contributed by atoms with Crippen LogP contribution in [0.4, 0.5) is 0 Å². The summed E-state index contributed by atoms with van der Waals surface area (Å²) in [5.41, 5.74) is 12.5. The van der Waals surface area contributed by atoms with Gasteiger partial charge in [0.25, 0.3) is 0 Å². The van der Waals surface area contributed by atoms with Crippen molar-refractivity contribution in [2.24, 2.45) is 17.6 Å². The molecule has 5 heterocycles. The van der Waals surface area contributed by atoms with Crippen LogP contribution in [0.2, 0.25) is 0 Å². The lowest BCUT2D eigenvalue weighted by molar-refractivity contribution is -0.119. The summed E-state index contributed by atoms with van der Waals surface area (Å²) in [6, 6.07) is 4.61. The highest BCUT2D eigenvalue weighted by atomic mass is 32.1. The van der Waals surface area contributed by atoms with Crippen LogP contribution >= 0.6 is 11.3 Å². The fourth-order valence-corrected chi connectivity index (χ4v) is 7.93. The summed E-state index contributed by atoms with van der Waals surface area (Å²) in [7, 11) is 0. The Kier molecular flexibility index (Phi) is 4.85. The number of amides is 1. The van der Waals surface area contributed by atoms with Crippen LogP contribution in [-0.2, 0) is 4.79 Å². The number of carbonyl (C=O) groups excluding carboxylic acids is 1. The number of carbonyl (C=O) groups is 1. The van der Waals surface area contributed by atoms with Crippen LogP contribution in [0.5, 0.6) is 0 Å². The van der Waals surface area contributed by atoms with E-state index in [4.69, 9.17) is 5.73 Å². The first kappa shape index (κ1) is 20.9. The van der Waals surface area contributed by atoms with Gasteiger partial charge >= 0.3 is 0 Å². The molecule has 0 radical (unpaired) electrons. The smallest absolute Gasteiger partial charge is 0.231 e. The van der Waals surface area contributed by atoms with E-state index < -0.39 is 0 Å². The lowest BCUT2D eigenvalue weighted by Crippen LogP contribution is -2.44. The lowest BCUT2D eigenvalue weighted by atomic mass is 9.84. The molecule has 2 fully saturated rings. The number of nitrogens with zero attached hydrogens (tertiary/aromatic N) is 4. The number of aromatic amines is 1. The van der Waals surface area contributed by atoms with Crippen molar-refractivity contribution in [2.75, 3.05) is 19.6 Å². The first-order chi connectivity index (χ1) is 15.9. The highest BCUT2D eigenvalue weighted by Crippen LogP contribution is 2.51. The van der Waals surface area contributed by atoms with Gasteiger partial charge in [-0.05, 0) is 60.8 Å². The number of likely N-dealkylation sites (tertiary alicyclic amines) is 1. The van der Waals surface area contributed by atoms with Gasteiger partial charge in [-0.3, -0.25) is 9.69 Å². The van der Waals surface area contributed by atoms with Gasteiger partial charge in [0.15, 0.2) is 5.65 Å². The van der Waals surface area contributed by atoms with Gasteiger partial charge in [0, 0.05) is 35.6 Å². The Balaban J connectivity index is 1.38. The van der Waals surface area contributed by atoms with E-state index in [2.05, 4.69) is 59.1 Å². The van der Waals surface area contributed by atoms with Crippen LogP contribution in [0, 0.1) is 18.8 Å². The Morgan fingerprint density at radius 2 is 2.03 bits per heavy atom. The standard InChI is InChI=1S/C25H30N6OS/c1-13(2)21-23(17-6-14(3)25-27-12-28-31(25)10-17)29-18-7-19(33-24(18)21)22-15-4-5-16(22)9-30(8-15)11-20(26)32/h6-7,10,12-13,15-16,22,29H,4-5,8-9,11H2,1-3H3,(H2,26,32). The number of nitrogens with one attached hydrogen (secondary N) is 1. The average molecular weight is 463 g/mol. The van der Waals surface area contributed by atoms with Crippen molar-refractivity contribution < 1.29 is 4.79 Å². The molecule has 2 bridgehead atoms. The number of fused-ring (bicyclic) bond motifs is 4. The Morgan fingerprint density at radius 1 is 1.27 bits per heavy atom. The minimum atomic E-state index is -0.217. The van der Waals surface area contributed by atoms with Crippen molar-refractivity contribution in [3.63, 3.8) is 0 Å². The van der Waals surface area contributed by atoms with Crippen LogP contribution in [0.3, 0.4) is 0 Å². The molecule has 33 heavy (non-hydrogen) atoms. The molecule has 7 nitrogen and oxygen atoms in total. The predicted molar refractivity (Wildman–Crippen MR) is 132 cm³/mol. The van der Waals surface area contributed by atoms with Gasteiger partial charge in [-0.15, -0.1) is 11.3 Å². The summed E-state index contributed by atoms with van der Waals surface area (Å²) in [6.45, 7) is 9.00. The average Bonchev–Trinajstić information content (AvgIpc) is 3.48. The molecule has 2 atom stereocenters. The number of primary amides is 1. The minimum absolute atomic E-state index is 0.217. The quantitative estimate of drug-likeness (QED) is 0.463. The summed E-state index contributed by atoms with van der Waals surface area (Å²) < 4.78 is 3.25. The molecule has 0 spiro atoms. The van der Waals surface area contributed by atoms with E-state index in [-0.39, 0.29) is 5.91 Å². The monoisotopic (exact) mass is 462 g/mol. The second-order valence-electron chi connectivity index (χ2n) is 10.2. The second-order valence-corrected chi connectivity index (χ2v) is 11.3. The fraction of sp³-hybridized carbons (Fsp3) is 0.480. The number of thiophene rings is 1. The first-order valence-electron chi connectivity index (χ1n) is 11.9. The summed E-state index contributed by atoms with van der Waals surface area (Å²) in [5, 5.41) is 4.37. The normalized spacial score (nSPS) is 23.3. The molecule has 172 valence electrons. The number of H-pyrrole nitrogens is 1. The number of pyridine rings is 1. The third-order valence-electron chi connectivity index (χ3n) is 7.57. The van der Waals surface area contributed by atoms with Crippen molar-refractivity contribution in [1.82, 2.24) is 24.5 Å². The molecule has 1 amide bonds. The van der Waals surface area contributed by atoms with E-state index >= 15 is 0 Å². The first-order valence-corrected chi connectivity index (χ1v) is 12.7. The molecule has 1 saturated carbocycles. The molecule has 6 rings (SSSR count). The topological polar surface area (TPSA) is 92.3 Å². The van der Waals surface area contributed by atoms with Gasteiger partial charge in [0.2, 0.25) is 5.91 Å².